The number of hydrogen-bond donors (Lipinski definition) is 0. The number of pyridine rings is 1. The van der Waals surface area contributed by atoms with Crippen molar-refractivity contribution in [3.8, 4) is 0 Å². The Hall–Kier alpha value is -1.49. The van der Waals surface area contributed by atoms with Gasteiger partial charge in [0.2, 0.25) is 0 Å². The Bertz CT molecular complexity index is 406. The Morgan fingerprint density at radius 3 is 2.55 bits per heavy atom. The van der Waals surface area contributed by atoms with Crippen molar-refractivity contribution in [1.29, 1.82) is 0 Å². The zero-order valence-electron chi connectivity index (χ0n) is 11.8. The van der Waals surface area contributed by atoms with Crippen molar-refractivity contribution in [3.05, 3.63) is 55.4 Å². The Balaban J connectivity index is 2.25. The topological polar surface area (TPSA) is 34.6 Å². The molecule has 0 saturated carbocycles. The molecule has 1 unspecified atom stereocenters. The quantitative estimate of drug-likeness (QED) is 0.715. The SMILES string of the molecule is C=CCN(CC=C)C(c1cccnc1)C1COCOC1. The summed E-state index contributed by atoms with van der Waals surface area (Å²) in [5.74, 6) is 0.285. The zero-order chi connectivity index (χ0) is 14.2. The molecule has 0 N–H and O–H groups in total. The van der Waals surface area contributed by atoms with Crippen molar-refractivity contribution in [2.45, 2.75) is 6.04 Å². The molecule has 1 atom stereocenters. The largest absolute Gasteiger partial charge is 0.355 e. The van der Waals surface area contributed by atoms with E-state index in [9.17, 15) is 0 Å². The molecule has 0 aromatic carbocycles. The highest BCUT2D eigenvalue weighted by Crippen LogP contribution is 2.30. The second kappa shape index (κ2) is 7.94. The lowest BCUT2D eigenvalue weighted by atomic mass is 9.93. The van der Waals surface area contributed by atoms with E-state index in [2.05, 4.69) is 29.1 Å². The van der Waals surface area contributed by atoms with Crippen LogP contribution >= 0.6 is 0 Å². The number of rotatable bonds is 7. The highest BCUT2D eigenvalue weighted by molar-refractivity contribution is 5.16. The summed E-state index contributed by atoms with van der Waals surface area (Å²) in [6, 6.07) is 4.26. The van der Waals surface area contributed by atoms with E-state index < -0.39 is 0 Å². The number of nitrogens with zero attached hydrogens (tertiary/aromatic N) is 2. The first kappa shape index (κ1) is 14.9. The standard InChI is InChI=1S/C16H22N2O2/c1-3-8-18(9-4-2)16(14-6-5-7-17-10-14)15-11-19-13-20-12-15/h3-7,10,15-16H,1-2,8-9,11-13H2. The molecule has 0 bridgehead atoms. The van der Waals surface area contributed by atoms with Gasteiger partial charge in [0.1, 0.15) is 6.79 Å². The maximum Gasteiger partial charge on any atom is 0.146 e. The van der Waals surface area contributed by atoms with Crippen LogP contribution in [0.2, 0.25) is 0 Å². The molecule has 2 rings (SSSR count). The van der Waals surface area contributed by atoms with E-state index in [4.69, 9.17) is 9.47 Å². The number of aromatic nitrogens is 1. The van der Waals surface area contributed by atoms with Crippen LogP contribution in [0.1, 0.15) is 11.6 Å². The minimum Gasteiger partial charge on any atom is -0.355 e. The Morgan fingerprint density at radius 1 is 1.30 bits per heavy atom. The lowest BCUT2D eigenvalue weighted by Crippen LogP contribution is -2.40. The molecule has 108 valence electrons. The van der Waals surface area contributed by atoms with Gasteiger partial charge in [-0.15, -0.1) is 13.2 Å². The number of hydrogen-bond acceptors (Lipinski definition) is 4. The fraction of sp³-hybridized carbons (Fsp3) is 0.438. The van der Waals surface area contributed by atoms with Gasteiger partial charge in [-0.3, -0.25) is 9.88 Å². The van der Waals surface area contributed by atoms with Crippen LogP contribution in [0, 0.1) is 5.92 Å². The molecule has 20 heavy (non-hydrogen) atoms. The second-order valence-electron chi connectivity index (χ2n) is 4.88. The molecule has 1 aromatic heterocycles. The van der Waals surface area contributed by atoms with Crippen LogP contribution < -0.4 is 0 Å². The average molecular weight is 274 g/mol. The van der Waals surface area contributed by atoms with Crippen LogP contribution in [0.25, 0.3) is 0 Å². The van der Waals surface area contributed by atoms with E-state index in [1.165, 1.54) is 5.56 Å². The molecule has 4 heteroatoms. The second-order valence-corrected chi connectivity index (χ2v) is 4.88. The molecule has 1 fully saturated rings. The molecule has 0 spiro atoms. The van der Waals surface area contributed by atoms with Crippen molar-refractivity contribution in [2.75, 3.05) is 33.1 Å². The molecule has 1 aromatic rings. The molecule has 1 aliphatic rings. The molecule has 0 amide bonds. The van der Waals surface area contributed by atoms with Gasteiger partial charge < -0.3 is 9.47 Å². The third-order valence-corrected chi connectivity index (χ3v) is 3.42. The maximum atomic E-state index is 5.47. The van der Waals surface area contributed by atoms with Crippen LogP contribution in [-0.2, 0) is 9.47 Å². The third-order valence-electron chi connectivity index (χ3n) is 3.42. The molecule has 1 aliphatic heterocycles. The molecular formula is C16H22N2O2. The van der Waals surface area contributed by atoms with Crippen molar-refractivity contribution < 1.29 is 9.47 Å². The van der Waals surface area contributed by atoms with Gasteiger partial charge in [-0.05, 0) is 11.6 Å². The van der Waals surface area contributed by atoms with E-state index in [0.29, 0.717) is 20.0 Å². The van der Waals surface area contributed by atoms with Gasteiger partial charge in [-0.25, -0.2) is 0 Å². The van der Waals surface area contributed by atoms with Gasteiger partial charge in [0.25, 0.3) is 0 Å². The van der Waals surface area contributed by atoms with E-state index in [0.717, 1.165) is 13.1 Å². The minimum absolute atomic E-state index is 0.194. The van der Waals surface area contributed by atoms with Crippen molar-refractivity contribution in [3.63, 3.8) is 0 Å². The van der Waals surface area contributed by atoms with Gasteiger partial charge in [0, 0.05) is 37.4 Å². The first-order valence-electron chi connectivity index (χ1n) is 6.88. The van der Waals surface area contributed by atoms with Crippen LogP contribution in [0.4, 0.5) is 0 Å². The van der Waals surface area contributed by atoms with Crippen molar-refractivity contribution >= 4 is 0 Å². The zero-order valence-corrected chi connectivity index (χ0v) is 11.8. The molecule has 1 saturated heterocycles. The summed E-state index contributed by atoms with van der Waals surface area (Å²) in [5.41, 5.74) is 1.18. The summed E-state index contributed by atoms with van der Waals surface area (Å²) in [6.07, 6.45) is 7.53. The van der Waals surface area contributed by atoms with Crippen molar-refractivity contribution in [1.82, 2.24) is 9.88 Å². The first-order valence-corrected chi connectivity index (χ1v) is 6.88. The lowest BCUT2D eigenvalue weighted by molar-refractivity contribution is -0.141. The van der Waals surface area contributed by atoms with E-state index in [1.54, 1.807) is 6.20 Å². The summed E-state index contributed by atoms with van der Waals surface area (Å²) in [6.45, 7) is 11.1. The van der Waals surface area contributed by atoms with Crippen LogP contribution in [-0.4, -0.2) is 43.0 Å². The Kier molecular flexibility index (Phi) is 5.92. The van der Waals surface area contributed by atoms with E-state index in [1.807, 2.05) is 24.4 Å². The monoisotopic (exact) mass is 274 g/mol. The summed E-state index contributed by atoms with van der Waals surface area (Å²) in [7, 11) is 0. The van der Waals surface area contributed by atoms with Gasteiger partial charge in [-0.2, -0.15) is 0 Å². The first-order chi connectivity index (χ1) is 9.86. The fourth-order valence-corrected chi connectivity index (χ4v) is 2.65. The molecule has 4 nitrogen and oxygen atoms in total. The predicted octanol–water partition coefficient (Wildman–Crippen LogP) is 2.42. The summed E-state index contributed by atoms with van der Waals surface area (Å²) in [4.78, 5) is 6.56. The third kappa shape index (κ3) is 3.76. The minimum atomic E-state index is 0.194. The molecule has 2 heterocycles. The van der Waals surface area contributed by atoms with Gasteiger partial charge in [0.05, 0.1) is 13.2 Å². The van der Waals surface area contributed by atoms with E-state index >= 15 is 0 Å². The van der Waals surface area contributed by atoms with Gasteiger partial charge >= 0.3 is 0 Å². The van der Waals surface area contributed by atoms with E-state index in [-0.39, 0.29) is 12.0 Å². The molecule has 0 radical (unpaired) electrons. The number of ether oxygens (including phenoxy) is 2. The summed E-state index contributed by atoms with van der Waals surface area (Å²) in [5, 5.41) is 0. The highest BCUT2D eigenvalue weighted by Gasteiger charge is 2.30. The molecule has 0 aliphatic carbocycles. The highest BCUT2D eigenvalue weighted by atomic mass is 16.7. The normalized spacial score (nSPS) is 17.9. The average Bonchev–Trinajstić information content (AvgIpc) is 2.50. The maximum absolute atomic E-state index is 5.47. The molecular weight excluding hydrogens is 252 g/mol. The fourth-order valence-electron chi connectivity index (χ4n) is 2.65. The smallest absolute Gasteiger partial charge is 0.146 e. The van der Waals surface area contributed by atoms with Gasteiger partial charge in [0.15, 0.2) is 0 Å². The Morgan fingerprint density at radius 2 is 2.00 bits per heavy atom. The summed E-state index contributed by atoms with van der Waals surface area (Å²) >= 11 is 0. The van der Waals surface area contributed by atoms with Gasteiger partial charge in [-0.1, -0.05) is 18.2 Å². The lowest BCUT2D eigenvalue weighted by Gasteiger charge is -2.37. The summed E-state index contributed by atoms with van der Waals surface area (Å²) < 4.78 is 10.9. The Labute approximate surface area is 120 Å². The van der Waals surface area contributed by atoms with Crippen LogP contribution in [0.5, 0.6) is 0 Å². The van der Waals surface area contributed by atoms with Crippen LogP contribution in [0.3, 0.4) is 0 Å². The van der Waals surface area contributed by atoms with Crippen LogP contribution in [0.15, 0.2) is 49.8 Å². The predicted molar refractivity (Wildman–Crippen MR) is 79.2 cm³/mol. The van der Waals surface area contributed by atoms with Crippen molar-refractivity contribution in [2.24, 2.45) is 5.92 Å².